The van der Waals surface area contributed by atoms with Crippen LogP contribution in [0.4, 0.5) is 4.39 Å². The fourth-order valence-electron chi connectivity index (χ4n) is 1.40. The van der Waals surface area contributed by atoms with Crippen molar-refractivity contribution < 1.29 is 18.7 Å². The van der Waals surface area contributed by atoms with Crippen LogP contribution in [0.25, 0.3) is 0 Å². The summed E-state index contributed by atoms with van der Waals surface area (Å²) in [5.41, 5.74) is 3.10. The minimum atomic E-state index is -0.368. The van der Waals surface area contributed by atoms with Gasteiger partial charge >= 0.3 is 0 Å². The number of hydrogen-bond acceptors (Lipinski definition) is 4. The Hall–Kier alpha value is -1.66. The molecule has 100 valence electrons. The van der Waals surface area contributed by atoms with Crippen LogP contribution in [0.2, 0.25) is 0 Å². The molecule has 0 aliphatic heterocycles. The quantitative estimate of drug-likeness (QED) is 0.770. The van der Waals surface area contributed by atoms with Gasteiger partial charge in [-0.15, -0.1) is 0 Å². The van der Waals surface area contributed by atoms with Crippen LogP contribution in [-0.4, -0.2) is 38.7 Å². The second-order valence-corrected chi connectivity index (χ2v) is 3.88. The number of carbonyl (C=O) groups is 1. The van der Waals surface area contributed by atoms with Crippen LogP contribution < -0.4 is 10.2 Å². The molecule has 0 radical (unpaired) electrons. The van der Waals surface area contributed by atoms with Gasteiger partial charge < -0.3 is 9.47 Å². The number of rotatable bonds is 6. The lowest BCUT2D eigenvalue weighted by Gasteiger charge is -2.12. The Morgan fingerprint density at radius 2 is 2.17 bits per heavy atom. The molecule has 0 heterocycles. The van der Waals surface area contributed by atoms with Crippen molar-refractivity contribution in [3.05, 3.63) is 29.6 Å². The molecule has 5 nitrogen and oxygen atoms in total. The van der Waals surface area contributed by atoms with Gasteiger partial charge in [0.2, 0.25) is 0 Å². The van der Waals surface area contributed by atoms with Crippen LogP contribution in [-0.2, 0) is 16.1 Å². The molecule has 0 aliphatic rings. The maximum Gasteiger partial charge on any atom is 0.260 e. The van der Waals surface area contributed by atoms with E-state index in [2.05, 4.69) is 5.43 Å². The average molecular weight is 256 g/mol. The molecule has 1 rings (SSSR count). The molecule has 0 aromatic heterocycles. The molecule has 0 fully saturated rings. The molecule has 1 aromatic rings. The van der Waals surface area contributed by atoms with Crippen molar-refractivity contribution in [2.24, 2.45) is 0 Å². The third-order valence-electron chi connectivity index (χ3n) is 2.08. The van der Waals surface area contributed by atoms with Crippen LogP contribution in [0.15, 0.2) is 18.2 Å². The van der Waals surface area contributed by atoms with Crippen LogP contribution in [0.1, 0.15) is 5.56 Å². The number of halogens is 1. The highest BCUT2D eigenvalue weighted by Gasteiger charge is 2.07. The van der Waals surface area contributed by atoms with Gasteiger partial charge in [0.1, 0.15) is 18.2 Å². The van der Waals surface area contributed by atoms with Crippen LogP contribution >= 0.6 is 0 Å². The third kappa shape index (κ3) is 4.68. The maximum atomic E-state index is 13.0. The number of hydrogen-bond donors (Lipinski definition) is 1. The van der Waals surface area contributed by atoms with E-state index in [0.29, 0.717) is 11.3 Å². The summed E-state index contributed by atoms with van der Waals surface area (Å²) in [5, 5.41) is 1.52. The van der Waals surface area contributed by atoms with E-state index in [1.807, 2.05) is 0 Å². The van der Waals surface area contributed by atoms with Crippen LogP contribution in [0.5, 0.6) is 5.75 Å². The molecule has 0 aliphatic carbocycles. The lowest BCUT2D eigenvalue weighted by Crippen LogP contribution is -2.38. The largest absolute Gasteiger partial charge is 0.496 e. The van der Waals surface area contributed by atoms with E-state index in [1.165, 1.54) is 30.3 Å². The standard InChI is InChI=1S/C12H17FN2O3/c1-15(2)14-12(16)8-18-7-9-6-10(13)4-5-11(9)17-3/h4-6H,7-8H2,1-3H3,(H,14,16). The minimum absolute atomic E-state index is 0.0994. The Bertz CT molecular complexity index is 410. The number of hydrazine groups is 1. The summed E-state index contributed by atoms with van der Waals surface area (Å²) in [6.07, 6.45) is 0. The predicted molar refractivity (Wildman–Crippen MR) is 64.4 cm³/mol. The van der Waals surface area contributed by atoms with Gasteiger partial charge in [0, 0.05) is 19.7 Å². The maximum absolute atomic E-state index is 13.0. The summed E-state index contributed by atoms with van der Waals surface area (Å²) < 4.78 is 23.3. The van der Waals surface area contributed by atoms with Gasteiger partial charge in [-0.1, -0.05) is 0 Å². The zero-order valence-electron chi connectivity index (χ0n) is 10.7. The number of methoxy groups -OCH3 is 1. The molecule has 6 heteroatoms. The summed E-state index contributed by atoms with van der Waals surface area (Å²) in [4.78, 5) is 11.3. The molecule has 0 atom stereocenters. The zero-order chi connectivity index (χ0) is 13.5. The topological polar surface area (TPSA) is 50.8 Å². The first-order chi connectivity index (χ1) is 8.52. The highest BCUT2D eigenvalue weighted by molar-refractivity contribution is 5.76. The summed E-state index contributed by atoms with van der Waals surface area (Å²) in [6.45, 7) is 0.0135. The average Bonchev–Trinajstić information content (AvgIpc) is 2.28. The highest BCUT2D eigenvalue weighted by atomic mass is 19.1. The number of nitrogens with one attached hydrogen (secondary N) is 1. The van der Waals surface area contributed by atoms with Crippen molar-refractivity contribution in [1.29, 1.82) is 0 Å². The Kier molecular flexibility index (Phi) is 5.54. The summed E-state index contributed by atoms with van der Waals surface area (Å²) in [7, 11) is 4.90. The van der Waals surface area contributed by atoms with Crippen LogP contribution in [0, 0.1) is 5.82 Å². The van der Waals surface area contributed by atoms with E-state index in [1.54, 1.807) is 14.1 Å². The number of amides is 1. The number of nitrogens with zero attached hydrogens (tertiary/aromatic N) is 1. The van der Waals surface area contributed by atoms with Gasteiger partial charge in [-0.05, 0) is 18.2 Å². The van der Waals surface area contributed by atoms with Crippen LogP contribution in [0.3, 0.4) is 0 Å². The van der Waals surface area contributed by atoms with Crippen molar-refractivity contribution in [1.82, 2.24) is 10.4 Å². The Balaban J connectivity index is 2.48. The molecule has 0 bridgehead atoms. The predicted octanol–water partition coefficient (Wildman–Crippen LogP) is 0.944. The van der Waals surface area contributed by atoms with E-state index in [9.17, 15) is 9.18 Å². The molecule has 0 saturated carbocycles. The van der Waals surface area contributed by atoms with Gasteiger partial charge in [0.25, 0.3) is 5.91 Å². The summed E-state index contributed by atoms with van der Waals surface area (Å²) >= 11 is 0. The SMILES string of the molecule is COc1ccc(F)cc1COCC(=O)NN(C)C. The first-order valence-electron chi connectivity index (χ1n) is 5.40. The normalized spacial score (nSPS) is 10.5. The Morgan fingerprint density at radius 1 is 1.44 bits per heavy atom. The third-order valence-corrected chi connectivity index (χ3v) is 2.08. The van der Waals surface area contributed by atoms with E-state index in [4.69, 9.17) is 9.47 Å². The smallest absolute Gasteiger partial charge is 0.260 e. The molecular formula is C12H17FN2O3. The molecule has 1 N–H and O–H groups in total. The fraction of sp³-hybridized carbons (Fsp3) is 0.417. The fourth-order valence-corrected chi connectivity index (χ4v) is 1.40. The molecule has 1 amide bonds. The summed E-state index contributed by atoms with van der Waals surface area (Å²) in [6, 6.07) is 4.15. The Morgan fingerprint density at radius 3 is 2.78 bits per heavy atom. The van der Waals surface area contributed by atoms with E-state index in [0.717, 1.165) is 0 Å². The van der Waals surface area contributed by atoms with E-state index >= 15 is 0 Å². The second kappa shape index (κ2) is 6.93. The van der Waals surface area contributed by atoms with Gasteiger partial charge in [0.15, 0.2) is 0 Å². The molecule has 0 unspecified atom stereocenters. The lowest BCUT2D eigenvalue weighted by molar-refractivity contribution is -0.129. The van der Waals surface area contributed by atoms with Gasteiger partial charge in [-0.25, -0.2) is 9.40 Å². The van der Waals surface area contributed by atoms with Crippen molar-refractivity contribution in [3.8, 4) is 5.75 Å². The van der Waals surface area contributed by atoms with E-state index < -0.39 is 0 Å². The highest BCUT2D eigenvalue weighted by Crippen LogP contribution is 2.19. The molecule has 1 aromatic carbocycles. The van der Waals surface area contributed by atoms with Gasteiger partial charge in [-0.3, -0.25) is 10.2 Å². The first kappa shape index (κ1) is 14.4. The number of benzene rings is 1. The van der Waals surface area contributed by atoms with Gasteiger partial charge in [-0.2, -0.15) is 0 Å². The van der Waals surface area contributed by atoms with Crippen molar-refractivity contribution in [3.63, 3.8) is 0 Å². The number of carbonyl (C=O) groups excluding carboxylic acids is 1. The van der Waals surface area contributed by atoms with Crippen molar-refractivity contribution in [2.45, 2.75) is 6.61 Å². The number of ether oxygens (including phenoxy) is 2. The first-order valence-corrected chi connectivity index (χ1v) is 5.40. The molecular weight excluding hydrogens is 239 g/mol. The van der Waals surface area contributed by atoms with Crippen molar-refractivity contribution >= 4 is 5.91 Å². The van der Waals surface area contributed by atoms with E-state index in [-0.39, 0.29) is 24.9 Å². The molecule has 0 saturated heterocycles. The van der Waals surface area contributed by atoms with Gasteiger partial charge in [0.05, 0.1) is 13.7 Å². The summed E-state index contributed by atoms with van der Waals surface area (Å²) in [5.74, 6) is -0.105. The lowest BCUT2D eigenvalue weighted by atomic mass is 10.2. The second-order valence-electron chi connectivity index (χ2n) is 3.88. The molecule has 0 spiro atoms. The van der Waals surface area contributed by atoms with Crippen molar-refractivity contribution in [2.75, 3.05) is 27.8 Å². The zero-order valence-corrected chi connectivity index (χ0v) is 10.7. The monoisotopic (exact) mass is 256 g/mol. The minimum Gasteiger partial charge on any atom is -0.496 e. The molecule has 18 heavy (non-hydrogen) atoms. The Labute approximate surface area is 105 Å².